The molecule has 0 aliphatic carbocycles. The molecule has 1 fully saturated rings. The summed E-state index contributed by atoms with van der Waals surface area (Å²) in [6.45, 7) is 5.25. The van der Waals surface area contributed by atoms with E-state index in [0.717, 1.165) is 6.42 Å². The zero-order valence-corrected chi connectivity index (χ0v) is 17.8. The van der Waals surface area contributed by atoms with Crippen LogP contribution >= 0.6 is 11.8 Å². The Morgan fingerprint density at radius 2 is 1.86 bits per heavy atom. The molecule has 1 aromatic heterocycles. The lowest BCUT2D eigenvalue weighted by Gasteiger charge is -2.34. The average molecular weight is 424 g/mol. The van der Waals surface area contributed by atoms with Gasteiger partial charge in [0.2, 0.25) is 15.9 Å². The highest BCUT2D eigenvalue weighted by Gasteiger charge is 2.31. The molecule has 1 aromatic carbocycles. The predicted molar refractivity (Wildman–Crippen MR) is 109 cm³/mol. The Bertz CT molecular complexity index is 917. The second-order valence-corrected chi connectivity index (χ2v) is 10.2. The number of hydrogen-bond donors (Lipinski definition) is 1. The number of carbonyl (C=O) groups is 1. The largest absolute Gasteiger partial charge is 0.325 e. The standard InChI is InChI=1S/C18H25N5O3S2/c1-13-8-14(2)10-23(9-13)28(25,26)16-6-4-15(5-7-16)20-17(24)11-27-18-21-19-12-22(18)3/h4-7,12-14H,8-11H2,1-3H3,(H,20,24)/t13-,14+. The fraction of sp³-hybridized carbons (Fsp3) is 0.500. The number of nitrogens with zero attached hydrogens (tertiary/aromatic N) is 4. The van der Waals surface area contributed by atoms with Crippen LogP contribution in [0, 0.1) is 11.8 Å². The maximum Gasteiger partial charge on any atom is 0.243 e. The van der Waals surface area contributed by atoms with Crippen LogP contribution in [0.5, 0.6) is 0 Å². The van der Waals surface area contributed by atoms with Crippen LogP contribution in [-0.2, 0) is 21.9 Å². The lowest BCUT2D eigenvalue weighted by molar-refractivity contribution is -0.113. The summed E-state index contributed by atoms with van der Waals surface area (Å²) in [5.74, 6) is 0.699. The summed E-state index contributed by atoms with van der Waals surface area (Å²) in [7, 11) is -1.71. The Morgan fingerprint density at radius 3 is 2.43 bits per heavy atom. The smallest absolute Gasteiger partial charge is 0.243 e. The number of sulfonamides is 1. The molecule has 0 spiro atoms. The minimum Gasteiger partial charge on any atom is -0.325 e. The van der Waals surface area contributed by atoms with Crippen molar-refractivity contribution < 1.29 is 13.2 Å². The van der Waals surface area contributed by atoms with E-state index in [4.69, 9.17) is 0 Å². The van der Waals surface area contributed by atoms with Gasteiger partial charge in [0.15, 0.2) is 5.16 Å². The summed E-state index contributed by atoms with van der Waals surface area (Å²) in [5, 5.41) is 11.1. The summed E-state index contributed by atoms with van der Waals surface area (Å²) in [4.78, 5) is 12.4. The fourth-order valence-electron chi connectivity index (χ4n) is 3.39. The van der Waals surface area contributed by atoms with Gasteiger partial charge in [0.1, 0.15) is 6.33 Å². The Balaban J connectivity index is 1.61. The Hall–Kier alpha value is -1.91. The van der Waals surface area contributed by atoms with Gasteiger partial charge >= 0.3 is 0 Å². The molecule has 2 atom stereocenters. The lowest BCUT2D eigenvalue weighted by atomic mass is 9.94. The van der Waals surface area contributed by atoms with Gasteiger partial charge in [0.05, 0.1) is 10.6 Å². The molecule has 1 saturated heterocycles. The monoisotopic (exact) mass is 423 g/mol. The van der Waals surface area contributed by atoms with E-state index < -0.39 is 10.0 Å². The highest BCUT2D eigenvalue weighted by Crippen LogP contribution is 2.27. The van der Waals surface area contributed by atoms with Gasteiger partial charge in [-0.3, -0.25) is 4.79 Å². The van der Waals surface area contributed by atoms with E-state index in [1.807, 2.05) is 7.05 Å². The molecule has 8 nitrogen and oxygen atoms in total. The molecule has 1 amide bonds. The van der Waals surface area contributed by atoms with Crippen LogP contribution in [0.15, 0.2) is 40.6 Å². The quantitative estimate of drug-likeness (QED) is 0.716. The van der Waals surface area contributed by atoms with Crippen LogP contribution in [0.4, 0.5) is 5.69 Å². The lowest BCUT2D eigenvalue weighted by Crippen LogP contribution is -2.42. The number of amides is 1. The first-order valence-corrected chi connectivity index (χ1v) is 11.5. The number of aryl methyl sites for hydroxylation is 1. The minimum atomic E-state index is -3.52. The molecule has 2 aromatic rings. The molecule has 1 aliphatic rings. The maximum atomic E-state index is 12.9. The third kappa shape index (κ3) is 4.92. The van der Waals surface area contributed by atoms with Crippen LogP contribution < -0.4 is 5.32 Å². The van der Waals surface area contributed by atoms with Crippen molar-refractivity contribution in [2.45, 2.75) is 30.3 Å². The van der Waals surface area contributed by atoms with Crippen LogP contribution in [0.3, 0.4) is 0 Å². The van der Waals surface area contributed by atoms with E-state index in [9.17, 15) is 13.2 Å². The molecule has 28 heavy (non-hydrogen) atoms. The van der Waals surface area contributed by atoms with Crippen LogP contribution in [0.25, 0.3) is 0 Å². The van der Waals surface area contributed by atoms with Crippen molar-refractivity contribution in [3.8, 4) is 0 Å². The van der Waals surface area contributed by atoms with Crippen molar-refractivity contribution >= 4 is 33.4 Å². The number of nitrogens with one attached hydrogen (secondary N) is 1. The first-order chi connectivity index (χ1) is 13.3. The summed E-state index contributed by atoms with van der Waals surface area (Å²) >= 11 is 1.28. The normalized spacial score (nSPS) is 20.8. The topological polar surface area (TPSA) is 97.2 Å². The van der Waals surface area contributed by atoms with Gasteiger partial charge in [0, 0.05) is 25.8 Å². The van der Waals surface area contributed by atoms with Gasteiger partial charge in [-0.2, -0.15) is 4.31 Å². The number of thioether (sulfide) groups is 1. The molecule has 2 heterocycles. The molecule has 0 radical (unpaired) electrons. The molecule has 1 N–H and O–H groups in total. The molecule has 0 unspecified atom stereocenters. The molecule has 0 saturated carbocycles. The van der Waals surface area contributed by atoms with Crippen molar-refractivity contribution in [1.82, 2.24) is 19.1 Å². The number of rotatable bonds is 6. The minimum absolute atomic E-state index is 0.191. The molecule has 3 rings (SSSR count). The highest BCUT2D eigenvalue weighted by atomic mass is 32.2. The van der Waals surface area contributed by atoms with E-state index in [1.165, 1.54) is 11.8 Å². The number of aromatic nitrogens is 3. The molecule has 0 bridgehead atoms. The summed E-state index contributed by atoms with van der Waals surface area (Å²) in [6.07, 6.45) is 2.62. The van der Waals surface area contributed by atoms with Gasteiger partial charge in [-0.25, -0.2) is 8.42 Å². The molecular formula is C18H25N5O3S2. The van der Waals surface area contributed by atoms with E-state index in [-0.39, 0.29) is 16.6 Å². The maximum absolute atomic E-state index is 12.9. The Morgan fingerprint density at radius 1 is 1.21 bits per heavy atom. The van der Waals surface area contributed by atoms with Crippen molar-refractivity contribution in [2.24, 2.45) is 18.9 Å². The average Bonchev–Trinajstić information content (AvgIpc) is 3.04. The van der Waals surface area contributed by atoms with Gasteiger partial charge < -0.3 is 9.88 Å². The SMILES string of the molecule is C[C@@H]1C[C@H](C)CN(S(=O)(=O)c2ccc(NC(=O)CSc3nncn3C)cc2)C1. The number of hydrogen-bond acceptors (Lipinski definition) is 6. The first-order valence-electron chi connectivity index (χ1n) is 9.12. The van der Waals surface area contributed by atoms with Crippen molar-refractivity contribution in [3.63, 3.8) is 0 Å². The second-order valence-electron chi connectivity index (χ2n) is 7.35. The third-order valence-electron chi connectivity index (χ3n) is 4.61. The van der Waals surface area contributed by atoms with Gasteiger partial charge in [-0.05, 0) is 42.5 Å². The zero-order chi connectivity index (χ0) is 20.3. The predicted octanol–water partition coefficient (Wildman–Crippen LogP) is 2.21. The van der Waals surface area contributed by atoms with E-state index >= 15 is 0 Å². The van der Waals surface area contributed by atoms with Crippen LogP contribution in [0.1, 0.15) is 20.3 Å². The fourth-order valence-corrected chi connectivity index (χ4v) is 5.76. The van der Waals surface area contributed by atoms with Gasteiger partial charge in [-0.15, -0.1) is 10.2 Å². The van der Waals surface area contributed by atoms with Crippen LogP contribution in [-0.4, -0.2) is 52.2 Å². The van der Waals surface area contributed by atoms with Crippen molar-refractivity contribution in [2.75, 3.05) is 24.2 Å². The molecule has 10 heteroatoms. The summed E-state index contributed by atoms with van der Waals surface area (Å²) in [6, 6.07) is 6.33. The summed E-state index contributed by atoms with van der Waals surface area (Å²) in [5.41, 5.74) is 0.558. The van der Waals surface area contributed by atoms with Crippen LogP contribution in [0.2, 0.25) is 0 Å². The Kier molecular flexibility index (Phi) is 6.41. The van der Waals surface area contributed by atoms with E-state index in [2.05, 4.69) is 29.4 Å². The number of anilines is 1. The summed E-state index contributed by atoms with van der Waals surface area (Å²) < 4.78 is 29.1. The molecular weight excluding hydrogens is 398 g/mol. The van der Waals surface area contributed by atoms with Crippen molar-refractivity contribution in [3.05, 3.63) is 30.6 Å². The second kappa shape index (κ2) is 8.62. The number of piperidine rings is 1. The zero-order valence-electron chi connectivity index (χ0n) is 16.2. The third-order valence-corrected chi connectivity index (χ3v) is 7.49. The number of carbonyl (C=O) groups excluding carboxylic acids is 1. The van der Waals surface area contributed by atoms with E-state index in [1.54, 1.807) is 39.5 Å². The van der Waals surface area contributed by atoms with Gasteiger partial charge in [-0.1, -0.05) is 25.6 Å². The highest BCUT2D eigenvalue weighted by molar-refractivity contribution is 7.99. The Labute approximate surface area is 169 Å². The molecule has 152 valence electrons. The van der Waals surface area contributed by atoms with Gasteiger partial charge in [0.25, 0.3) is 0 Å². The number of benzene rings is 1. The first kappa shape index (κ1) is 20.8. The van der Waals surface area contributed by atoms with Crippen molar-refractivity contribution in [1.29, 1.82) is 0 Å². The van der Waals surface area contributed by atoms with E-state index in [0.29, 0.717) is 35.8 Å². The molecule has 1 aliphatic heterocycles.